The third-order valence-electron chi connectivity index (χ3n) is 1.70. The second kappa shape index (κ2) is 7.51. The van der Waals surface area contributed by atoms with Crippen molar-refractivity contribution in [2.24, 2.45) is 0 Å². The zero-order valence-electron chi connectivity index (χ0n) is 8.38. The zero-order valence-corrected chi connectivity index (χ0v) is 11.5. The van der Waals surface area contributed by atoms with Gasteiger partial charge < -0.3 is 9.47 Å². The van der Waals surface area contributed by atoms with Crippen molar-refractivity contribution in [2.75, 3.05) is 25.6 Å². The molecule has 1 aromatic rings. The molecule has 16 heavy (non-hydrogen) atoms. The fourth-order valence-corrected chi connectivity index (χ4v) is 1.71. The molecule has 0 heterocycles. The second-order valence-corrected chi connectivity index (χ2v) is 4.55. The van der Waals surface area contributed by atoms with Crippen molar-refractivity contribution in [1.29, 1.82) is 0 Å². The van der Waals surface area contributed by atoms with Crippen LogP contribution in [-0.2, 0) is 4.74 Å². The molecule has 0 saturated carbocycles. The van der Waals surface area contributed by atoms with Gasteiger partial charge in [0.2, 0.25) is 0 Å². The number of hydrogen-bond acceptors (Lipinski definition) is 3. The monoisotopic (exact) mass is 300 g/mol. The molecule has 0 aliphatic rings. The highest BCUT2D eigenvalue weighted by atomic mass is 35.5. The van der Waals surface area contributed by atoms with Gasteiger partial charge >= 0.3 is 0 Å². The molecule has 0 spiro atoms. The van der Waals surface area contributed by atoms with Crippen molar-refractivity contribution in [2.45, 2.75) is 0 Å². The molecule has 90 valence electrons. The van der Waals surface area contributed by atoms with E-state index in [0.29, 0.717) is 46.4 Å². The first-order chi connectivity index (χ1) is 7.65. The van der Waals surface area contributed by atoms with Crippen molar-refractivity contribution in [3.63, 3.8) is 0 Å². The number of halogens is 3. The van der Waals surface area contributed by atoms with Gasteiger partial charge in [-0.3, -0.25) is 0 Å². The highest BCUT2D eigenvalue weighted by Gasteiger charge is 2.06. The van der Waals surface area contributed by atoms with Crippen molar-refractivity contribution in [3.8, 4) is 5.75 Å². The standard InChI is InChI=1S/C10H11Cl3O2S/c11-7-5-9(13)10(6-8(7)12)15-2-1-14-3-4-16/h5-6,16H,1-4H2. The van der Waals surface area contributed by atoms with Gasteiger partial charge in [-0.15, -0.1) is 0 Å². The normalized spacial score (nSPS) is 10.5. The van der Waals surface area contributed by atoms with Gasteiger partial charge in [-0.05, 0) is 6.07 Å². The van der Waals surface area contributed by atoms with E-state index in [2.05, 4.69) is 12.6 Å². The summed E-state index contributed by atoms with van der Waals surface area (Å²) in [6.45, 7) is 1.49. The smallest absolute Gasteiger partial charge is 0.139 e. The highest BCUT2D eigenvalue weighted by Crippen LogP contribution is 2.33. The van der Waals surface area contributed by atoms with Gasteiger partial charge in [0.05, 0.1) is 28.3 Å². The molecule has 0 N–H and O–H groups in total. The molecule has 6 heteroatoms. The van der Waals surface area contributed by atoms with E-state index in [9.17, 15) is 0 Å². The van der Waals surface area contributed by atoms with Crippen LogP contribution in [0.25, 0.3) is 0 Å². The molecule has 0 atom stereocenters. The first kappa shape index (κ1) is 14.3. The van der Waals surface area contributed by atoms with Crippen LogP contribution >= 0.6 is 47.4 Å². The maximum atomic E-state index is 5.92. The van der Waals surface area contributed by atoms with Crippen molar-refractivity contribution in [3.05, 3.63) is 27.2 Å². The molecular weight excluding hydrogens is 291 g/mol. The summed E-state index contributed by atoms with van der Waals surface area (Å²) >= 11 is 21.6. The molecule has 1 aromatic carbocycles. The van der Waals surface area contributed by atoms with Gasteiger partial charge in [0, 0.05) is 11.8 Å². The van der Waals surface area contributed by atoms with Gasteiger partial charge in [0.1, 0.15) is 12.4 Å². The summed E-state index contributed by atoms with van der Waals surface area (Å²) in [4.78, 5) is 0. The van der Waals surface area contributed by atoms with Crippen LogP contribution in [0.2, 0.25) is 15.1 Å². The van der Waals surface area contributed by atoms with E-state index in [4.69, 9.17) is 44.3 Å². The van der Waals surface area contributed by atoms with E-state index >= 15 is 0 Å². The Balaban J connectivity index is 2.45. The van der Waals surface area contributed by atoms with E-state index in [1.54, 1.807) is 12.1 Å². The fraction of sp³-hybridized carbons (Fsp3) is 0.400. The third-order valence-corrected chi connectivity index (χ3v) is 2.90. The second-order valence-electron chi connectivity index (χ2n) is 2.88. The van der Waals surface area contributed by atoms with Crippen LogP contribution < -0.4 is 4.74 Å². The largest absolute Gasteiger partial charge is 0.490 e. The van der Waals surface area contributed by atoms with Gasteiger partial charge in [-0.25, -0.2) is 0 Å². The Morgan fingerprint density at radius 2 is 1.62 bits per heavy atom. The van der Waals surface area contributed by atoms with Crippen LogP contribution in [0.5, 0.6) is 5.75 Å². The summed E-state index contributed by atoms with van der Waals surface area (Å²) in [5, 5.41) is 1.26. The Kier molecular flexibility index (Phi) is 6.70. The summed E-state index contributed by atoms with van der Waals surface area (Å²) in [6, 6.07) is 3.14. The lowest BCUT2D eigenvalue weighted by molar-refractivity contribution is 0.112. The van der Waals surface area contributed by atoms with Crippen molar-refractivity contribution >= 4 is 47.4 Å². The molecule has 0 aromatic heterocycles. The lowest BCUT2D eigenvalue weighted by Gasteiger charge is -2.09. The number of rotatable bonds is 6. The van der Waals surface area contributed by atoms with Crippen LogP contribution in [0, 0.1) is 0 Å². The van der Waals surface area contributed by atoms with Gasteiger partial charge in [0.15, 0.2) is 0 Å². The topological polar surface area (TPSA) is 18.5 Å². The van der Waals surface area contributed by atoms with Gasteiger partial charge in [-0.1, -0.05) is 34.8 Å². The maximum absolute atomic E-state index is 5.92. The summed E-state index contributed by atoms with van der Waals surface area (Å²) in [5.41, 5.74) is 0. The van der Waals surface area contributed by atoms with Crippen LogP contribution in [0.3, 0.4) is 0 Å². The molecule has 0 aliphatic carbocycles. The highest BCUT2D eigenvalue weighted by molar-refractivity contribution is 7.80. The molecule has 0 unspecified atom stereocenters. The minimum atomic E-state index is 0.408. The summed E-state index contributed by atoms with van der Waals surface area (Å²) in [5.74, 6) is 1.19. The minimum Gasteiger partial charge on any atom is -0.490 e. The molecule has 0 aliphatic heterocycles. The summed E-state index contributed by atoms with van der Waals surface area (Å²) in [7, 11) is 0. The van der Waals surface area contributed by atoms with Crippen LogP contribution in [0.1, 0.15) is 0 Å². The summed E-state index contributed by atoms with van der Waals surface area (Å²) in [6.07, 6.45) is 0. The Bertz CT molecular complexity index is 347. The van der Waals surface area contributed by atoms with Crippen LogP contribution in [0.4, 0.5) is 0 Å². The first-order valence-electron chi connectivity index (χ1n) is 4.61. The predicted octanol–water partition coefficient (Wildman–Crippen LogP) is 3.97. The van der Waals surface area contributed by atoms with E-state index in [-0.39, 0.29) is 0 Å². The average Bonchev–Trinajstić information content (AvgIpc) is 2.25. The van der Waals surface area contributed by atoms with E-state index in [1.807, 2.05) is 0 Å². The molecule has 1 rings (SSSR count). The number of ether oxygens (including phenoxy) is 2. The van der Waals surface area contributed by atoms with E-state index < -0.39 is 0 Å². The van der Waals surface area contributed by atoms with E-state index in [0.717, 1.165) is 0 Å². The van der Waals surface area contributed by atoms with Gasteiger partial charge in [0.25, 0.3) is 0 Å². The Hall–Kier alpha value is 0.200. The number of thiol groups is 1. The quantitative estimate of drug-likeness (QED) is 0.487. The number of benzene rings is 1. The van der Waals surface area contributed by atoms with E-state index in [1.165, 1.54) is 0 Å². The Labute approximate surface area is 115 Å². The fourth-order valence-electron chi connectivity index (χ4n) is 0.992. The SMILES string of the molecule is SCCOCCOc1cc(Cl)c(Cl)cc1Cl. The zero-order chi connectivity index (χ0) is 12.0. The van der Waals surface area contributed by atoms with Crippen LogP contribution in [-0.4, -0.2) is 25.6 Å². The van der Waals surface area contributed by atoms with Gasteiger partial charge in [-0.2, -0.15) is 12.6 Å². The summed E-state index contributed by atoms with van der Waals surface area (Å²) < 4.78 is 10.6. The molecule has 0 saturated heterocycles. The minimum absolute atomic E-state index is 0.408. The Morgan fingerprint density at radius 1 is 0.938 bits per heavy atom. The molecule has 0 amide bonds. The molecule has 0 fully saturated rings. The maximum Gasteiger partial charge on any atom is 0.139 e. The molecule has 0 bridgehead atoms. The molecular formula is C10H11Cl3O2S. The van der Waals surface area contributed by atoms with Crippen molar-refractivity contribution in [1.82, 2.24) is 0 Å². The molecule has 0 radical (unpaired) electrons. The van der Waals surface area contributed by atoms with Crippen molar-refractivity contribution < 1.29 is 9.47 Å². The first-order valence-corrected chi connectivity index (χ1v) is 6.37. The number of hydrogen-bond donors (Lipinski definition) is 1. The van der Waals surface area contributed by atoms with Crippen LogP contribution in [0.15, 0.2) is 12.1 Å². The lowest BCUT2D eigenvalue weighted by atomic mass is 10.3. The lowest BCUT2D eigenvalue weighted by Crippen LogP contribution is -2.08. The molecule has 2 nitrogen and oxygen atoms in total. The average molecular weight is 302 g/mol. The third kappa shape index (κ3) is 4.60. The Morgan fingerprint density at radius 3 is 2.31 bits per heavy atom. The predicted molar refractivity (Wildman–Crippen MR) is 71.6 cm³/mol.